The second-order valence-electron chi connectivity index (χ2n) is 3.71. The number of phenols is 1. The van der Waals surface area contributed by atoms with Crippen molar-refractivity contribution in [2.45, 2.75) is 26.3 Å². The first-order chi connectivity index (χ1) is 6.91. The van der Waals surface area contributed by atoms with Gasteiger partial charge in [-0.25, -0.2) is 0 Å². The molecule has 5 heteroatoms. The molecular weight excluding hydrogens is 230 g/mol. The third-order valence-electron chi connectivity index (χ3n) is 2.42. The number of aromatic hydroxyl groups is 1. The number of hydrogen-bond acceptors (Lipinski definition) is 3. The van der Waals surface area contributed by atoms with Gasteiger partial charge in [0.2, 0.25) is 0 Å². The average molecular weight is 246 g/mol. The van der Waals surface area contributed by atoms with E-state index in [1.165, 1.54) is 0 Å². The largest absolute Gasteiger partial charge is 0.508 e. The first-order valence-corrected chi connectivity index (χ1v) is 4.69. The highest BCUT2D eigenvalue weighted by molar-refractivity contribution is 5.85. The Morgan fingerprint density at radius 3 is 2.19 bits per heavy atom. The Balaban J connectivity index is 0.00000225. The molecule has 0 saturated heterocycles. The summed E-state index contributed by atoms with van der Waals surface area (Å²) in [5.74, 6) is -0.820. The molecule has 4 N–H and O–H groups in total. The minimum absolute atomic E-state index is 0. The minimum Gasteiger partial charge on any atom is -0.508 e. The van der Waals surface area contributed by atoms with Crippen LogP contribution in [0.1, 0.15) is 16.7 Å². The van der Waals surface area contributed by atoms with Gasteiger partial charge in [0.25, 0.3) is 0 Å². The highest BCUT2D eigenvalue weighted by Crippen LogP contribution is 2.21. The molecule has 1 atom stereocenters. The van der Waals surface area contributed by atoms with Crippen molar-refractivity contribution in [3.63, 3.8) is 0 Å². The molecular formula is C11H16ClNO3. The molecule has 0 radical (unpaired) electrons. The van der Waals surface area contributed by atoms with Gasteiger partial charge in [-0.15, -0.1) is 12.4 Å². The van der Waals surface area contributed by atoms with E-state index in [-0.39, 0.29) is 24.6 Å². The molecule has 0 aliphatic carbocycles. The normalized spacial score (nSPS) is 11.7. The van der Waals surface area contributed by atoms with Crippen LogP contribution in [0.5, 0.6) is 5.75 Å². The molecule has 90 valence electrons. The van der Waals surface area contributed by atoms with Crippen molar-refractivity contribution in [1.82, 2.24) is 0 Å². The number of halogens is 1. The molecule has 1 aromatic rings. The molecule has 0 unspecified atom stereocenters. The quantitative estimate of drug-likeness (QED) is 0.751. The van der Waals surface area contributed by atoms with E-state index in [0.29, 0.717) is 0 Å². The van der Waals surface area contributed by atoms with Gasteiger partial charge in [0.1, 0.15) is 11.8 Å². The topological polar surface area (TPSA) is 83.5 Å². The number of rotatable bonds is 3. The van der Waals surface area contributed by atoms with E-state index in [1.807, 2.05) is 13.8 Å². The van der Waals surface area contributed by atoms with E-state index in [4.69, 9.17) is 10.8 Å². The third kappa shape index (κ3) is 3.40. The molecule has 0 heterocycles. The molecule has 0 spiro atoms. The number of carboxylic acid groups (broad SMARTS) is 1. The Kier molecular flexibility index (Phi) is 5.27. The number of carboxylic acids is 1. The van der Waals surface area contributed by atoms with Crippen molar-refractivity contribution < 1.29 is 15.0 Å². The zero-order valence-corrected chi connectivity index (χ0v) is 10.0. The second kappa shape index (κ2) is 5.72. The predicted octanol–water partition coefficient (Wildman–Crippen LogP) is 1.39. The fraction of sp³-hybridized carbons (Fsp3) is 0.364. The molecule has 0 fully saturated rings. The van der Waals surface area contributed by atoms with Crippen LogP contribution in [0.15, 0.2) is 12.1 Å². The number of aliphatic carboxylic acids is 1. The van der Waals surface area contributed by atoms with Gasteiger partial charge in [0.15, 0.2) is 0 Å². The van der Waals surface area contributed by atoms with E-state index < -0.39 is 12.0 Å². The number of carbonyl (C=O) groups is 1. The molecule has 0 saturated carbocycles. The summed E-state index contributed by atoms with van der Waals surface area (Å²) in [5.41, 5.74) is 8.08. The van der Waals surface area contributed by atoms with Gasteiger partial charge >= 0.3 is 5.97 Å². The lowest BCUT2D eigenvalue weighted by Crippen LogP contribution is -2.32. The van der Waals surface area contributed by atoms with Crippen molar-refractivity contribution in [2.24, 2.45) is 5.73 Å². The fourth-order valence-corrected chi connectivity index (χ4v) is 1.60. The van der Waals surface area contributed by atoms with Gasteiger partial charge in [-0.1, -0.05) is 0 Å². The van der Waals surface area contributed by atoms with Crippen LogP contribution in [-0.4, -0.2) is 22.2 Å². The van der Waals surface area contributed by atoms with E-state index in [1.54, 1.807) is 12.1 Å². The van der Waals surface area contributed by atoms with Crippen molar-refractivity contribution >= 4 is 18.4 Å². The third-order valence-corrected chi connectivity index (χ3v) is 2.42. The van der Waals surface area contributed by atoms with Gasteiger partial charge in [-0.2, -0.15) is 0 Å². The van der Waals surface area contributed by atoms with Crippen LogP contribution >= 0.6 is 12.4 Å². The highest BCUT2D eigenvalue weighted by Gasteiger charge is 2.15. The van der Waals surface area contributed by atoms with E-state index in [9.17, 15) is 9.90 Å². The summed E-state index contributed by atoms with van der Waals surface area (Å²) in [6.45, 7) is 3.66. The van der Waals surface area contributed by atoms with Crippen LogP contribution in [0.25, 0.3) is 0 Å². The van der Waals surface area contributed by atoms with Crippen molar-refractivity contribution in [2.75, 3.05) is 0 Å². The highest BCUT2D eigenvalue weighted by atomic mass is 35.5. The lowest BCUT2D eigenvalue weighted by atomic mass is 9.96. The van der Waals surface area contributed by atoms with Crippen LogP contribution < -0.4 is 5.73 Å². The first-order valence-electron chi connectivity index (χ1n) is 4.69. The molecule has 1 rings (SSSR count). The summed E-state index contributed by atoms with van der Waals surface area (Å²) in [7, 11) is 0. The Hall–Kier alpha value is -1.26. The second-order valence-corrected chi connectivity index (χ2v) is 3.71. The van der Waals surface area contributed by atoms with Gasteiger partial charge < -0.3 is 15.9 Å². The molecule has 0 amide bonds. The summed E-state index contributed by atoms with van der Waals surface area (Å²) < 4.78 is 0. The van der Waals surface area contributed by atoms with Gasteiger partial charge in [0.05, 0.1) is 0 Å². The lowest BCUT2D eigenvalue weighted by molar-refractivity contribution is -0.138. The Morgan fingerprint density at radius 1 is 1.38 bits per heavy atom. The van der Waals surface area contributed by atoms with Crippen LogP contribution in [0.2, 0.25) is 0 Å². The maximum absolute atomic E-state index is 10.6. The van der Waals surface area contributed by atoms with Crippen LogP contribution in [0, 0.1) is 13.8 Å². The number of nitrogens with two attached hydrogens (primary N) is 1. The van der Waals surface area contributed by atoms with E-state index >= 15 is 0 Å². The summed E-state index contributed by atoms with van der Waals surface area (Å²) >= 11 is 0. The van der Waals surface area contributed by atoms with Gasteiger partial charge in [-0.3, -0.25) is 4.79 Å². The molecule has 0 aliphatic rings. The summed E-state index contributed by atoms with van der Waals surface area (Å²) in [4.78, 5) is 10.6. The van der Waals surface area contributed by atoms with Crippen molar-refractivity contribution in [3.8, 4) is 5.75 Å². The van der Waals surface area contributed by atoms with Crippen LogP contribution in [0.3, 0.4) is 0 Å². The molecule has 0 aliphatic heterocycles. The number of benzene rings is 1. The maximum atomic E-state index is 10.6. The number of phenolic OH excluding ortho intramolecular Hbond substituents is 1. The Labute approximate surface area is 100 Å². The monoisotopic (exact) mass is 245 g/mol. The SMILES string of the molecule is Cc1cc(O)cc(C)c1C[C@H](N)C(=O)O.Cl. The minimum atomic E-state index is -1.01. The van der Waals surface area contributed by atoms with Crippen molar-refractivity contribution in [3.05, 3.63) is 28.8 Å². The lowest BCUT2D eigenvalue weighted by Gasteiger charge is -2.12. The molecule has 16 heavy (non-hydrogen) atoms. The zero-order valence-electron chi connectivity index (χ0n) is 9.23. The summed E-state index contributed by atoms with van der Waals surface area (Å²) in [6, 6.07) is 2.32. The van der Waals surface area contributed by atoms with E-state index in [0.717, 1.165) is 16.7 Å². The van der Waals surface area contributed by atoms with E-state index in [2.05, 4.69) is 0 Å². The number of hydrogen-bond donors (Lipinski definition) is 3. The van der Waals surface area contributed by atoms with Crippen LogP contribution in [-0.2, 0) is 11.2 Å². The van der Waals surface area contributed by atoms with Crippen molar-refractivity contribution in [1.29, 1.82) is 0 Å². The Bertz CT molecular complexity index is 370. The standard InChI is InChI=1S/C11H15NO3.ClH/c1-6-3-8(13)4-7(2)9(6)5-10(12)11(14)15;/h3-4,10,13H,5,12H2,1-2H3,(H,14,15);1H/t10-;/m0./s1. The molecule has 0 aromatic heterocycles. The van der Waals surface area contributed by atoms with Gasteiger partial charge in [0, 0.05) is 0 Å². The predicted molar refractivity (Wildman–Crippen MR) is 64.1 cm³/mol. The summed E-state index contributed by atoms with van der Waals surface area (Å²) in [5, 5.41) is 18.0. The average Bonchev–Trinajstić information content (AvgIpc) is 2.10. The molecule has 4 nitrogen and oxygen atoms in total. The molecule has 0 bridgehead atoms. The number of aryl methyl sites for hydroxylation is 2. The maximum Gasteiger partial charge on any atom is 0.320 e. The molecule has 1 aromatic carbocycles. The fourth-order valence-electron chi connectivity index (χ4n) is 1.60. The zero-order chi connectivity index (χ0) is 11.6. The first kappa shape index (κ1) is 14.7. The Morgan fingerprint density at radius 2 is 1.81 bits per heavy atom. The van der Waals surface area contributed by atoms with Crippen LogP contribution in [0.4, 0.5) is 0 Å². The van der Waals surface area contributed by atoms with Gasteiger partial charge in [-0.05, 0) is 49.1 Å². The summed E-state index contributed by atoms with van der Waals surface area (Å²) in [6.07, 6.45) is 0.285. The smallest absolute Gasteiger partial charge is 0.320 e.